The van der Waals surface area contributed by atoms with Crippen LogP contribution in [-0.2, 0) is 27.5 Å². The van der Waals surface area contributed by atoms with Gasteiger partial charge in [-0.25, -0.2) is 4.98 Å². The van der Waals surface area contributed by atoms with E-state index in [-0.39, 0.29) is 31.0 Å². The number of carbonyl (C=O) groups is 3. The van der Waals surface area contributed by atoms with Crippen LogP contribution in [-0.4, -0.2) is 60.0 Å². The van der Waals surface area contributed by atoms with E-state index in [2.05, 4.69) is 32.7 Å². The largest absolute Gasteiger partial charge is 0.486 e. The first-order valence-corrected chi connectivity index (χ1v) is 10.7. The van der Waals surface area contributed by atoms with Crippen molar-refractivity contribution in [1.82, 2.24) is 20.5 Å². The minimum Gasteiger partial charge on any atom is -0.486 e. The second-order valence-corrected chi connectivity index (χ2v) is 7.82. The minimum absolute atomic E-state index is 0.0983. The van der Waals surface area contributed by atoms with E-state index in [1.54, 1.807) is 12.1 Å². The molecule has 4 rings (SSSR count). The Hall–Kier alpha value is -3.30. The molecule has 2 aliphatic rings. The predicted molar refractivity (Wildman–Crippen MR) is 115 cm³/mol. The van der Waals surface area contributed by atoms with Gasteiger partial charge in [-0.3, -0.25) is 24.6 Å². The second kappa shape index (κ2) is 10.3. The number of carbonyl (C=O) groups excluding carboxylic acids is 3. The van der Waals surface area contributed by atoms with Crippen molar-refractivity contribution in [3.63, 3.8) is 0 Å². The van der Waals surface area contributed by atoms with Gasteiger partial charge >= 0.3 is 0 Å². The quantitative estimate of drug-likeness (QED) is 0.622. The summed E-state index contributed by atoms with van der Waals surface area (Å²) >= 11 is 0. The van der Waals surface area contributed by atoms with Gasteiger partial charge in [0.05, 0.1) is 13.2 Å². The Kier molecular flexibility index (Phi) is 7.08. The lowest BCUT2D eigenvalue weighted by Gasteiger charge is -2.26. The van der Waals surface area contributed by atoms with Gasteiger partial charge in [-0.05, 0) is 29.7 Å². The number of aromatic nitrogens is 1. The van der Waals surface area contributed by atoms with E-state index in [4.69, 9.17) is 9.47 Å². The summed E-state index contributed by atoms with van der Waals surface area (Å²) in [5.74, 6) is -1.03. The van der Waals surface area contributed by atoms with Gasteiger partial charge in [0.15, 0.2) is 11.4 Å². The highest BCUT2D eigenvalue weighted by atomic mass is 16.5. The van der Waals surface area contributed by atoms with Crippen LogP contribution in [0.15, 0.2) is 42.6 Å². The van der Waals surface area contributed by atoms with Crippen molar-refractivity contribution in [1.29, 1.82) is 0 Å². The smallest absolute Gasteiger partial charge is 0.274 e. The fourth-order valence-corrected chi connectivity index (χ4v) is 3.65. The van der Waals surface area contributed by atoms with Crippen LogP contribution in [0.4, 0.5) is 0 Å². The van der Waals surface area contributed by atoms with E-state index in [0.717, 1.165) is 38.4 Å². The number of hydrogen-bond acceptors (Lipinski definition) is 7. The molecular formula is C23H26N4O5. The number of benzene rings is 1. The number of hydrogen-bond donors (Lipinski definition) is 2. The van der Waals surface area contributed by atoms with Gasteiger partial charge < -0.3 is 14.8 Å². The van der Waals surface area contributed by atoms with Crippen LogP contribution < -0.4 is 15.4 Å². The molecule has 2 fully saturated rings. The lowest BCUT2D eigenvalue weighted by Crippen LogP contribution is -2.52. The molecule has 32 heavy (non-hydrogen) atoms. The number of nitrogens with one attached hydrogen (secondary N) is 2. The molecule has 0 aliphatic carbocycles. The molecule has 2 N–H and O–H groups in total. The average molecular weight is 438 g/mol. The number of morpholine rings is 1. The van der Waals surface area contributed by atoms with Crippen LogP contribution in [0.5, 0.6) is 5.75 Å². The number of nitrogens with zero attached hydrogens (tertiary/aromatic N) is 2. The molecule has 9 heteroatoms. The Bertz CT molecular complexity index is 973. The van der Waals surface area contributed by atoms with Crippen LogP contribution >= 0.6 is 0 Å². The number of imide groups is 1. The molecule has 2 saturated heterocycles. The van der Waals surface area contributed by atoms with E-state index in [0.29, 0.717) is 5.75 Å². The molecule has 0 radical (unpaired) electrons. The number of amides is 3. The number of ether oxygens (including phenoxy) is 2. The van der Waals surface area contributed by atoms with Crippen LogP contribution in [0, 0.1) is 0 Å². The SMILES string of the molecule is O=C1CCC(NC(=O)c2ncccc2OCc2ccc(CN3CCOCC3)cc2)C(=O)N1. The lowest BCUT2D eigenvalue weighted by atomic mass is 10.1. The molecule has 1 unspecified atom stereocenters. The van der Waals surface area contributed by atoms with Gasteiger partial charge in [0, 0.05) is 32.3 Å². The monoisotopic (exact) mass is 438 g/mol. The van der Waals surface area contributed by atoms with Crippen molar-refractivity contribution in [3.05, 3.63) is 59.4 Å². The first kappa shape index (κ1) is 21.9. The van der Waals surface area contributed by atoms with Gasteiger partial charge in [0.25, 0.3) is 5.91 Å². The zero-order valence-electron chi connectivity index (χ0n) is 17.7. The van der Waals surface area contributed by atoms with Crippen molar-refractivity contribution < 1.29 is 23.9 Å². The molecule has 0 bridgehead atoms. The van der Waals surface area contributed by atoms with Crippen molar-refractivity contribution in [3.8, 4) is 5.75 Å². The molecule has 168 valence electrons. The van der Waals surface area contributed by atoms with E-state index < -0.39 is 17.9 Å². The molecule has 0 spiro atoms. The number of pyridine rings is 1. The molecule has 9 nitrogen and oxygen atoms in total. The van der Waals surface area contributed by atoms with Crippen molar-refractivity contribution in [2.45, 2.75) is 32.0 Å². The van der Waals surface area contributed by atoms with Crippen LogP contribution in [0.1, 0.15) is 34.5 Å². The summed E-state index contributed by atoms with van der Waals surface area (Å²) in [4.78, 5) is 42.4. The van der Waals surface area contributed by atoms with E-state index in [1.165, 1.54) is 11.8 Å². The zero-order valence-corrected chi connectivity index (χ0v) is 17.7. The van der Waals surface area contributed by atoms with Crippen LogP contribution in [0.25, 0.3) is 0 Å². The van der Waals surface area contributed by atoms with Gasteiger partial charge in [-0.15, -0.1) is 0 Å². The zero-order chi connectivity index (χ0) is 22.3. The highest BCUT2D eigenvalue weighted by Crippen LogP contribution is 2.18. The molecule has 1 atom stereocenters. The Morgan fingerprint density at radius 3 is 2.66 bits per heavy atom. The maximum Gasteiger partial charge on any atom is 0.274 e. The molecular weight excluding hydrogens is 412 g/mol. The van der Waals surface area contributed by atoms with Gasteiger partial charge in [0.2, 0.25) is 11.8 Å². The minimum atomic E-state index is -0.769. The summed E-state index contributed by atoms with van der Waals surface area (Å²) in [6, 6.07) is 10.8. The summed E-state index contributed by atoms with van der Waals surface area (Å²) in [6.07, 6.45) is 1.94. The maximum absolute atomic E-state index is 12.7. The Morgan fingerprint density at radius 1 is 1.16 bits per heavy atom. The highest BCUT2D eigenvalue weighted by molar-refractivity contribution is 6.03. The number of rotatable bonds is 7. The van der Waals surface area contributed by atoms with Gasteiger partial charge in [0.1, 0.15) is 12.6 Å². The second-order valence-electron chi connectivity index (χ2n) is 7.82. The standard InChI is InChI=1S/C23H26N4O5/c28-20-8-7-18(22(29)26-20)25-23(30)21-19(2-1-9-24-21)32-15-17-5-3-16(4-6-17)14-27-10-12-31-13-11-27/h1-6,9,18H,7-8,10-15H2,(H,25,30)(H,26,28,29). The van der Waals surface area contributed by atoms with E-state index >= 15 is 0 Å². The highest BCUT2D eigenvalue weighted by Gasteiger charge is 2.29. The molecule has 3 amide bonds. The Morgan fingerprint density at radius 2 is 1.91 bits per heavy atom. The molecule has 1 aromatic heterocycles. The summed E-state index contributed by atoms with van der Waals surface area (Å²) in [5.41, 5.74) is 2.29. The average Bonchev–Trinajstić information content (AvgIpc) is 2.81. The topological polar surface area (TPSA) is 110 Å². The van der Waals surface area contributed by atoms with Crippen molar-refractivity contribution in [2.24, 2.45) is 0 Å². The summed E-state index contributed by atoms with van der Waals surface area (Å²) in [6.45, 7) is 4.60. The summed E-state index contributed by atoms with van der Waals surface area (Å²) in [5, 5.41) is 4.86. The maximum atomic E-state index is 12.7. The van der Waals surface area contributed by atoms with Crippen molar-refractivity contribution in [2.75, 3.05) is 26.3 Å². The normalized spacial score (nSPS) is 19.3. The summed E-state index contributed by atoms with van der Waals surface area (Å²) in [7, 11) is 0. The number of piperidine rings is 1. The third-order valence-electron chi connectivity index (χ3n) is 5.46. The van der Waals surface area contributed by atoms with E-state index in [1.807, 2.05) is 12.1 Å². The third-order valence-corrected chi connectivity index (χ3v) is 5.46. The van der Waals surface area contributed by atoms with Gasteiger partial charge in [-0.2, -0.15) is 0 Å². The predicted octanol–water partition coefficient (Wildman–Crippen LogP) is 1.03. The van der Waals surface area contributed by atoms with E-state index in [9.17, 15) is 14.4 Å². The molecule has 2 aliphatic heterocycles. The molecule has 1 aromatic carbocycles. The Balaban J connectivity index is 1.34. The van der Waals surface area contributed by atoms with Crippen molar-refractivity contribution >= 4 is 17.7 Å². The molecule has 3 heterocycles. The molecule has 2 aromatic rings. The first-order chi connectivity index (χ1) is 15.6. The first-order valence-electron chi connectivity index (χ1n) is 10.7. The Labute approximate surface area is 186 Å². The fourth-order valence-electron chi connectivity index (χ4n) is 3.65. The van der Waals surface area contributed by atoms with Crippen LogP contribution in [0.3, 0.4) is 0 Å². The third kappa shape index (κ3) is 5.68. The van der Waals surface area contributed by atoms with Crippen LogP contribution in [0.2, 0.25) is 0 Å². The summed E-state index contributed by atoms with van der Waals surface area (Å²) < 4.78 is 11.2. The fraction of sp³-hybridized carbons (Fsp3) is 0.391. The molecule has 0 saturated carbocycles. The lowest BCUT2D eigenvalue weighted by molar-refractivity contribution is -0.134. The van der Waals surface area contributed by atoms with Gasteiger partial charge in [-0.1, -0.05) is 24.3 Å².